The van der Waals surface area contributed by atoms with Crippen molar-refractivity contribution in [3.8, 4) is 0 Å². The lowest BCUT2D eigenvalue weighted by atomic mass is 10.1. The van der Waals surface area contributed by atoms with Crippen LogP contribution in [0.1, 0.15) is 0 Å². The third-order valence-electron chi connectivity index (χ3n) is 2.21. The number of para-hydroxylation sites is 1. The van der Waals surface area contributed by atoms with Crippen LogP contribution in [0.15, 0.2) is 35.4 Å². The molecule has 1 aromatic rings. The van der Waals surface area contributed by atoms with Gasteiger partial charge in [-0.05, 0) is 12.1 Å². The Hall–Kier alpha value is -1.40. The molecule has 0 bridgehead atoms. The zero-order valence-corrected chi connectivity index (χ0v) is 9.91. The highest BCUT2D eigenvalue weighted by Crippen LogP contribution is 2.23. The smallest absolute Gasteiger partial charge is 0.264 e. The van der Waals surface area contributed by atoms with Crippen LogP contribution in [0.4, 0.5) is 5.69 Å². The van der Waals surface area contributed by atoms with Gasteiger partial charge in [0.15, 0.2) is 0 Å². The molecular formula is C10H9N3OS2. The quantitative estimate of drug-likeness (QED) is 0.613. The van der Waals surface area contributed by atoms with Gasteiger partial charge in [-0.25, -0.2) is 0 Å². The van der Waals surface area contributed by atoms with Gasteiger partial charge in [0.1, 0.15) is 11.8 Å². The van der Waals surface area contributed by atoms with Gasteiger partial charge in [0, 0.05) is 0 Å². The lowest BCUT2D eigenvalue weighted by Crippen LogP contribution is -2.33. The summed E-state index contributed by atoms with van der Waals surface area (Å²) < 4.78 is 0.240. The van der Waals surface area contributed by atoms with Crippen molar-refractivity contribution in [1.82, 2.24) is 0 Å². The lowest BCUT2D eigenvalue weighted by Gasteiger charge is -2.12. The minimum Gasteiger partial charge on any atom is -0.385 e. The number of carbonyl (C=O) groups excluding carboxylic acids is 1. The number of carbonyl (C=O) groups is 1. The van der Waals surface area contributed by atoms with Crippen LogP contribution in [0.3, 0.4) is 0 Å². The number of hydrazone groups is 1. The Balaban J connectivity index is 2.35. The van der Waals surface area contributed by atoms with Crippen molar-refractivity contribution in [2.75, 3.05) is 5.01 Å². The highest BCUT2D eigenvalue weighted by atomic mass is 32.1. The molecule has 0 saturated carbocycles. The van der Waals surface area contributed by atoms with E-state index in [0.29, 0.717) is 5.69 Å². The van der Waals surface area contributed by atoms with Gasteiger partial charge >= 0.3 is 0 Å². The number of amidine groups is 1. The molecule has 1 unspecified atom stereocenters. The van der Waals surface area contributed by atoms with Gasteiger partial charge in [0.25, 0.3) is 5.91 Å². The summed E-state index contributed by atoms with van der Waals surface area (Å²) in [7, 11) is 0. The number of nitrogens with zero attached hydrogens (tertiary/aromatic N) is 2. The first-order chi connectivity index (χ1) is 7.61. The van der Waals surface area contributed by atoms with Crippen LogP contribution in [0.25, 0.3) is 0 Å². The Morgan fingerprint density at radius 1 is 1.44 bits per heavy atom. The van der Waals surface area contributed by atoms with E-state index in [1.807, 2.05) is 18.2 Å². The number of amides is 1. The third-order valence-corrected chi connectivity index (χ3v) is 2.71. The van der Waals surface area contributed by atoms with E-state index in [-0.39, 0.29) is 15.9 Å². The van der Waals surface area contributed by atoms with E-state index >= 15 is 0 Å². The van der Waals surface area contributed by atoms with E-state index < -0.39 is 5.92 Å². The number of rotatable bonds is 2. The van der Waals surface area contributed by atoms with E-state index in [0.717, 1.165) is 0 Å². The number of anilines is 1. The summed E-state index contributed by atoms with van der Waals surface area (Å²) in [5.41, 5.74) is 6.32. The van der Waals surface area contributed by atoms with Crippen molar-refractivity contribution in [2.45, 2.75) is 0 Å². The van der Waals surface area contributed by atoms with Crippen molar-refractivity contribution >= 4 is 46.5 Å². The van der Waals surface area contributed by atoms with Crippen molar-refractivity contribution in [2.24, 2.45) is 16.8 Å². The average molecular weight is 251 g/mol. The van der Waals surface area contributed by atoms with Gasteiger partial charge in [-0.3, -0.25) is 4.79 Å². The predicted octanol–water partition coefficient (Wildman–Crippen LogP) is 1.18. The molecule has 0 aliphatic carbocycles. The molecule has 82 valence electrons. The standard InChI is InChI=1S/C10H9N3OS2/c11-8-7(10(15)16)9(14)13(12-8)6-4-2-1-3-5-6/h1-5,7H,(H2,11,12)(H,15,16). The third kappa shape index (κ3) is 1.81. The maximum atomic E-state index is 12.0. The first-order valence-electron chi connectivity index (χ1n) is 4.57. The molecule has 2 N–H and O–H groups in total. The Bertz CT molecular complexity index is 472. The first kappa shape index (κ1) is 11.1. The molecule has 1 heterocycles. The Kier molecular flexibility index (Phi) is 2.93. The second-order valence-electron chi connectivity index (χ2n) is 3.28. The lowest BCUT2D eigenvalue weighted by molar-refractivity contribution is -0.118. The molecule has 0 saturated heterocycles. The number of hydrogen-bond acceptors (Lipinski definition) is 4. The summed E-state index contributed by atoms with van der Waals surface area (Å²) >= 11 is 8.86. The molecule has 0 fully saturated rings. The molecule has 0 spiro atoms. The van der Waals surface area contributed by atoms with Crippen molar-refractivity contribution in [3.05, 3.63) is 30.3 Å². The summed E-state index contributed by atoms with van der Waals surface area (Å²) in [4.78, 5) is 12.0. The second-order valence-corrected chi connectivity index (χ2v) is 4.51. The molecule has 1 aromatic carbocycles. The summed E-state index contributed by atoms with van der Waals surface area (Å²) in [6.07, 6.45) is 0. The van der Waals surface area contributed by atoms with Gasteiger partial charge in [-0.15, -0.1) is 12.6 Å². The normalized spacial score (nSPS) is 19.8. The predicted molar refractivity (Wildman–Crippen MR) is 70.6 cm³/mol. The van der Waals surface area contributed by atoms with Crippen molar-refractivity contribution in [3.63, 3.8) is 0 Å². The van der Waals surface area contributed by atoms with Crippen LogP contribution in [0, 0.1) is 5.92 Å². The fourth-order valence-electron chi connectivity index (χ4n) is 1.46. The molecule has 1 atom stereocenters. The second kappa shape index (κ2) is 4.23. The SMILES string of the molecule is NC1=NN(c2ccccc2)C(=O)C1C(=S)S. The molecule has 2 rings (SSSR count). The van der Waals surface area contributed by atoms with Crippen LogP contribution < -0.4 is 10.7 Å². The molecule has 1 aliphatic heterocycles. The Morgan fingerprint density at radius 2 is 2.06 bits per heavy atom. The molecule has 0 radical (unpaired) electrons. The average Bonchev–Trinajstić information content (AvgIpc) is 2.55. The molecule has 1 amide bonds. The highest BCUT2D eigenvalue weighted by Gasteiger charge is 2.37. The molecular weight excluding hydrogens is 242 g/mol. The summed E-state index contributed by atoms with van der Waals surface area (Å²) in [5, 5.41) is 5.24. The Labute approximate surface area is 104 Å². The van der Waals surface area contributed by atoms with Crippen LogP contribution in [-0.4, -0.2) is 15.9 Å². The largest absolute Gasteiger partial charge is 0.385 e. The van der Waals surface area contributed by atoms with E-state index in [1.54, 1.807) is 12.1 Å². The molecule has 6 heteroatoms. The van der Waals surface area contributed by atoms with Gasteiger partial charge < -0.3 is 5.73 Å². The van der Waals surface area contributed by atoms with E-state index in [9.17, 15) is 4.79 Å². The van der Waals surface area contributed by atoms with Crippen molar-refractivity contribution < 1.29 is 4.79 Å². The monoisotopic (exact) mass is 251 g/mol. The zero-order chi connectivity index (χ0) is 11.7. The number of hydrogen-bond donors (Lipinski definition) is 2. The van der Waals surface area contributed by atoms with E-state index in [2.05, 4.69) is 17.7 Å². The van der Waals surface area contributed by atoms with Crippen LogP contribution >= 0.6 is 24.8 Å². The summed E-state index contributed by atoms with van der Waals surface area (Å²) in [5.74, 6) is -0.768. The van der Waals surface area contributed by atoms with E-state index in [1.165, 1.54) is 5.01 Å². The minimum atomic E-state index is -0.696. The van der Waals surface area contributed by atoms with Gasteiger partial charge in [0.05, 0.1) is 9.88 Å². The summed E-state index contributed by atoms with van der Waals surface area (Å²) in [6, 6.07) is 9.05. The zero-order valence-electron chi connectivity index (χ0n) is 8.20. The number of thiocarbonyl (C=S) groups is 1. The fourth-order valence-corrected chi connectivity index (χ4v) is 1.92. The Morgan fingerprint density at radius 3 is 2.56 bits per heavy atom. The molecule has 4 nitrogen and oxygen atoms in total. The van der Waals surface area contributed by atoms with Crippen molar-refractivity contribution in [1.29, 1.82) is 0 Å². The summed E-state index contributed by atoms with van der Waals surface area (Å²) in [6.45, 7) is 0. The van der Waals surface area contributed by atoms with Crippen LogP contribution in [0.2, 0.25) is 0 Å². The topological polar surface area (TPSA) is 58.7 Å². The number of nitrogens with two attached hydrogens (primary N) is 1. The maximum absolute atomic E-state index is 12.0. The molecule has 1 aliphatic rings. The highest BCUT2D eigenvalue weighted by molar-refractivity contribution is 8.11. The van der Waals surface area contributed by atoms with Gasteiger partial charge in [-0.1, -0.05) is 30.4 Å². The first-order valence-corrected chi connectivity index (χ1v) is 5.42. The fraction of sp³-hybridized carbons (Fsp3) is 0.100. The van der Waals surface area contributed by atoms with Crippen LogP contribution in [0.5, 0.6) is 0 Å². The van der Waals surface area contributed by atoms with E-state index in [4.69, 9.17) is 18.0 Å². The maximum Gasteiger partial charge on any atom is 0.264 e. The minimum absolute atomic E-state index is 0.189. The number of thiol groups is 1. The van der Waals surface area contributed by atoms with Gasteiger partial charge in [0.2, 0.25) is 0 Å². The van der Waals surface area contributed by atoms with Gasteiger partial charge in [-0.2, -0.15) is 10.1 Å². The molecule has 16 heavy (non-hydrogen) atoms. The molecule has 0 aromatic heterocycles. The number of benzene rings is 1. The van der Waals surface area contributed by atoms with Crippen LogP contribution in [-0.2, 0) is 4.79 Å².